The number of ketones is 1. The highest BCUT2D eigenvalue weighted by atomic mass is 16.7. The summed E-state index contributed by atoms with van der Waals surface area (Å²) < 4.78 is 10.5. The molecule has 0 bridgehead atoms. The Morgan fingerprint density at radius 2 is 1.83 bits per heavy atom. The molecule has 0 radical (unpaired) electrons. The van der Waals surface area contributed by atoms with Crippen LogP contribution in [-0.2, 0) is 0 Å². The Labute approximate surface area is 106 Å². The summed E-state index contributed by atoms with van der Waals surface area (Å²) >= 11 is 0. The summed E-state index contributed by atoms with van der Waals surface area (Å²) in [6.07, 6.45) is 4.80. The Bertz CT molecular complexity index is 478. The fraction of sp³-hybridized carbons (Fsp3) is 0.500. The van der Waals surface area contributed by atoms with E-state index in [-0.39, 0.29) is 12.6 Å². The number of rotatable bonds is 2. The number of fused-ring (bicyclic) bond motifs is 1. The van der Waals surface area contributed by atoms with Gasteiger partial charge in [0.2, 0.25) is 6.79 Å². The van der Waals surface area contributed by atoms with Crippen LogP contribution in [0.1, 0.15) is 42.5 Å². The second-order valence-corrected chi connectivity index (χ2v) is 5.11. The van der Waals surface area contributed by atoms with Crippen LogP contribution >= 0.6 is 0 Å². The van der Waals surface area contributed by atoms with Crippen LogP contribution in [0.4, 0.5) is 0 Å². The molecule has 4 heteroatoms. The molecule has 0 amide bonds. The first-order valence-electron chi connectivity index (χ1n) is 6.42. The van der Waals surface area contributed by atoms with Gasteiger partial charge in [-0.25, -0.2) is 0 Å². The molecule has 0 unspecified atom stereocenters. The van der Waals surface area contributed by atoms with E-state index in [0.29, 0.717) is 17.1 Å². The first-order chi connectivity index (χ1) is 8.69. The number of benzene rings is 1. The number of hydrogen-bond acceptors (Lipinski definition) is 4. The Hall–Kier alpha value is -1.55. The molecule has 1 aliphatic carbocycles. The lowest BCUT2D eigenvalue weighted by molar-refractivity contribution is 0.0847. The molecule has 0 atom stereocenters. The molecule has 96 valence electrons. The van der Waals surface area contributed by atoms with Gasteiger partial charge in [-0.05, 0) is 31.0 Å². The molecule has 18 heavy (non-hydrogen) atoms. The minimum atomic E-state index is -0.689. The number of Topliss-reactive ketones (excluding diaryl/α,β-unsaturated/α-hetero) is 1. The summed E-state index contributed by atoms with van der Waals surface area (Å²) in [7, 11) is 0. The Morgan fingerprint density at radius 3 is 2.61 bits per heavy atom. The number of hydrogen-bond donors (Lipinski definition) is 1. The zero-order valence-corrected chi connectivity index (χ0v) is 10.3. The molecule has 1 saturated carbocycles. The van der Waals surface area contributed by atoms with E-state index in [2.05, 4.69) is 0 Å². The highest BCUT2D eigenvalue weighted by Gasteiger charge is 2.36. The predicted octanol–water partition coefficient (Wildman–Crippen LogP) is 2.26. The average molecular weight is 247 g/mol. The quantitative estimate of drug-likeness (QED) is 0.814. The summed E-state index contributed by atoms with van der Waals surface area (Å²) in [5.74, 6) is 1.36. The largest absolute Gasteiger partial charge is 0.454 e. The number of carbonyl (C=O) groups is 1. The molecule has 2 N–H and O–H groups in total. The maximum absolute atomic E-state index is 12.5. The van der Waals surface area contributed by atoms with Crippen molar-refractivity contribution in [2.75, 3.05) is 6.79 Å². The third-order valence-corrected chi connectivity index (χ3v) is 3.83. The van der Waals surface area contributed by atoms with Gasteiger partial charge in [-0.3, -0.25) is 4.79 Å². The molecule has 2 aliphatic rings. The van der Waals surface area contributed by atoms with Crippen LogP contribution in [0.3, 0.4) is 0 Å². The van der Waals surface area contributed by atoms with Crippen molar-refractivity contribution in [1.82, 2.24) is 0 Å². The van der Waals surface area contributed by atoms with Crippen molar-refractivity contribution >= 4 is 5.78 Å². The van der Waals surface area contributed by atoms with Crippen molar-refractivity contribution in [1.29, 1.82) is 0 Å². The van der Waals surface area contributed by atoms with Gasteiger partial charge in [-0.2, -0.15) is 0 Å². The Morgan fingerprint density at radius 1 is 1.11 bits per heavy atom. The molecule has 0 saturated heterocycles. The van der Waals surface area contributed by atoms with Gasteiger partial charge in [0.1, 0.15) is 0 Å². The van der Waals surface area contributed by atoms with Crippen LogP contribution in [0.5, 0.6) is 11.5 Å². The number of ether oxygens (including phenoxy) is 2. The highest BCUT2D eigenvalue weighted by molar-refractivity contribution is 6.03. The second kappa shape index (κ2) is 4.28. The molecule has 4 nitrogen and oxygen atoms in total. The van der Waals surface area contributed by atoms with Crippen LogP contribution in [0.15, 0.2) is 18.2 Å². The van der Waals surface area contributed by atoms with E-state index < -0.39 is 5.54 Å². The summed E-state index contributed by atoms with van der Waals surface area (Å²) in [6.45, 7) is 0.223. The first kappa shape index (κ1) is 11.5. The fourth-order valence-electron chi connectivity index (χ4n) is 2.73. The maximum Gasteiger partial charge on any atom is 0.231 e. The Balaban J connectivity index is 1.88. The summed E-state index contributed by atoms with van der Waals surface area (Å²) in [5, 5.41) is 0. The van der Waals surface area contributed by atoms with Crippen molar-refractivity contribution in [3.63, 3.8) is 0 Å². The smallest absolute Gasteiger partial charge is 0.231 e. The van der Waals surface area contributed by atoms with Crippen molar-refractivity contribution in [3.8, 4) is 11.5 Å². The van der Waals surface area contributed by atoms with Crippen LogP contribution in [0.25, 0.3) is 0 Å². The van der Waals surface area contributed by atoms with Gasteiger partial charge in [0, 0.05) is 5.56 Å². The molecule has 1 aromatic rings. The van der Waals surface area contributed by atoms with Gasteiger partial charge >= 0.3 is 0 Å². The highest BCUT2D eigenvalue weighted by Crippen LogP contribution is 2.35. The first-order valence-corrected chi connectivity index (χ1v) is 6.42. The minimum Gasteiger partial charge on any atom is -0.454 e. The van der Waals surface area contributed by atoms with Crippen LogP contribution in [0.2, 0.25) is 0 Å². The molecular formula is C14H17NO3. The van der Waals surface area contributed by atoms with E-state index in [1.165, 1.54) is 6.42 Å². The van der Waals surface area contributed by atoms with Gasteiger partial charge < -0.3 is 15.2 Å². The van der Waals surface area contributed by atoms with Crippen molar-refractivity contribution < 1.29 is 14.3 Å². The molecular weight excluding hydrogens is 230 g/mol. The SMILES string of the molecule is NC1(C(=O)c2ccc3c(c2)OCO3)CCCCC1. The van der Waals surface area contributed by atoms with Crippen molar-refractivity contribution in [2.24, 2.45) is 5.73 Å². The third kappa shape index (κ3) is 1.86. The van der Waals surface area contributed by atoms with Crippen molar-refractivity contribution in [3.05, 3.63) is 23.8 Å². The fourth-order valence-corrected chi connectivity index (χ4v) is 2.73. The minimum absolute atomic E-state index is 0.0282. The van der Waals surface area contributed by atoms with E-state index in [4.69, 9.17) is 15.2 Å². The second-order valence-electron chi connectivity index (χ2n) is 5.11. The molecule has 1 fully saturated rings. The molecule has 0 spiro atoms. The standard InChI is InChI=1S/C14H17NO3/c15-14(6-2-1-3-7-14)13(16)10-4-5-11-12(8-10)18-9-17-11/h4-5,8H,1-3,6-7,9,15H2. The van der Waals surface area contributed by atoms with Crippen molar-refractivity contribution in [2.45, 2.75) is 37.6 Å². The van der Waals surface area contributed by atoms with Gasteiger partial charge in [-0.15, -0.1) is 0 Å². The van der Waals surface area contributed by atoms with Crippen LogP contribution in [-0.4, -0.2) is 18.1 Å². The molecule has 0 aromatic heterocycles. The summed E-state index contributed by atoms with van der Waals surface area (Å²) in [5.41, 5.74) is 6.20. The van der Waals surface area contributed by atoms with E-state index in [0.717, 1.165) is 25.7 Å². The number of carbonyl (C=O) groups excluding carboxylic acids is 1. The lowest BCUT2D eigenvalue weighted by atomic mass is 9.77. The lowest BCUT2D eigenvalue weighted by Gasteiger charge is -2.31. The predicted molar refractivity (Wildman–Crippen MR) is 66.9 cm³/mol. The van der Waals surface area contributed by atoms with Gasteiger partial charge in [0.15, 0.2) is 17.3 Å². The van der Waals surface area contributed by atoms with Gasteiger partial charge in [0.05, 0.1) is 5.54 Å². The maximum atomic E-state index is 12.5. The zero-order chi connectivity index (χ0) is 12.6. The van der Waals surface area contributed by atoms with Gasteiger partial charge in [-0.1, -0.05) is 19.3 Å². The third-order valence-electron chi connectivity index (χ3n) is 3.83. The summed E-state index contributed by atoms with van der Waals surface area (Å²) in [6, 6.07) is 5.30. The van der Waals surface area contributed by atoms with E-state index in [1.54, 1.807) is 18.2 Å². The van der Waals surface area contributed by atoms with Crippen LogP contribution in [0, 0.1) is 0 Å². The Kier molecular flexibility index (Phi) is 2.74. The summed E-state index contributed by atoms with van der Waals surface area (Å²) in [4.78, 5) is 12.5. The average Bonchev–Trinajstić information content (AvgIpc) is 2.86. The molecule has 1 aromatic carbocycles. The van der Waals surface area contributed by atoms with Crippen LogP contribution < -0.4 is 15.2 Å². The molecule has 1 aliphatic heterocycles. The van der Waals surface area contributed by atoms with E-state index in [9.17, 15) is 4.79 Å². The molecule has 3 rings (SSSR count). The molecule has 1 heterocycles. The normalized spacial score (nSPS) is 20.7. The lowest BCUT2D eigenvalue weighted by Crippen LogP contribution is -2.49. The zero-order valence-electron chi connectivity index (χ0n) is 10.3. The monoisotopic (exact) mass is 247 g/mol. The van der Waals surface area contributed by atoms with E-state index in [1.807, 2.05) is 0 Å². The number of nitrogens with two attached hydrogens (primary N) is 1. The van der Waals surface area contributed by atoms with E-state index >= 15 is 0 Å². The van der Waals surface area contributed by atoms with Gasteiger partial charge in [0.25, 0.3) is 0 Å². The topological polar surface area (TPSA) is 61.6 Å².